The fourth-order valence-corrected chi connectivity index (χ4v) is 5.09. The van der Waals surface area contributed by atoms with Gasteiger partial charge in [-0.3, -0.25) is 4.79 Å². The van der Waals surface area contributed by atoms with Gasteiger partial charge in [0.25, 0.3) is 0 Å². The van der Waals surface area contributed by atoms with E-state index in [-0.39, 0.29) is 5.56 Å². The van der Waals surface area contributed by atoms with E-state index in [1.165, 1.54) is 6.07 Å². The Morgan fingerprint density at radius 2 is 1.28 bits per heavy atom. The SMILES string of the molecule is COc1c(OC2OC(CO)C(O)C(O)C2O)cc2oc(-c3ccc(O)c(O)c3)c(OC3OC(CO)C(O)C(O)C3O)c(=O)c2c1O. The van der Waals surface area contributed by atoms with Gasteiger partial charge in [0, 0.05) is 11.6 Å². The Morgan fingerprint density at radius 1 is 0.717 bits per heavy atom. The van der Waals surface area contributed by atoms with E-state index in [0.717, 1.165) is 25.3 Å². The van der Waals surface area contributed by atoms with Gasteiger partial charge in [0.15, 0.2) is 28.8 Å². The maximum Gasteiger partial charge on any atom is 0.239 e. The zero-order chi connectivity index (χ0) is 33.6. The molecular formula is C28H32O18. The second-order valence-corrected chi connectivity index (χ2v) is 10.6. The van der Waals surface area contributed by atoms with Gasteiger partial charge in [-0.05, 0) is 18.2 Å². The lowest BCUT2D eigenvalue weighted by molar-refractivity contribution is -0.277. The van der Waals surface area contributed by atoms with E-state index >= 15 is 0 Å². The van der Waals surface area contributed by atoms with E-state index in [1.54, 1.807) is 0 Å². The standard InChI is InChI=1S/C28H32O18/c1-41-25-12(43-27-22(39)20(37)16(33)13(6-29)44-27)5-11-15(18(25)35)19(36)26(24(42-11)8-2-3-9(31)10(32)4-8)46-28-23(40)21(38)17(34)14(7-30)45-28/h2-5,13-14,16-17,20-23,27-35,37-40H,6-7H2,1H3. The zero-order valence-corrected chi connectivity index (χ0v) is 23.8. The lowest BCUT2D eigenvalue weighted by Gasteiger charge is -2.39. The first-order valence-corrected chi connectivity index (χ1v) is 13.7. The Kier molecular flexibility index (Phi) is 9.47. The van der Waals surface area contributed by atoms with Crippen molar-refractivity contribution in [2.75, 3.05) is 20.3 Å². The van der Waals surface area contributed by atoms with Crippen LogP contribution in [0.1, 0.15) is 0 Å². The first kappa shape index (κ1) is 33.4. The van der Waals surface area contributed by atoms with E-state index in [4.69, 9.17) is 28.1 Å². The predicted molar refractivity (Wildman–Crippen MR) is 148 cm³/mol. The molecular weight excluding hydrogens is 624 g/mol. The van der Waals surface area contributed by atoms with Crippen LogP contribution in [0, 0.1) is 0 Å². The molecule has 18 heteroatoms. The topological polar surface area (TPSA) is 299 Å². The fourth-order valence-electron chi connectivity index (χ4n) is 5.09. The number of phenols is 3. The van der Waals surface area contributed by atoms with Crippen LogP contribution in [0.2, 0.25) is 0 Å². The van der Waals surface area contributed by atoms with Gasteiger partial charge in [0.05, 0.1) is 20.3 Å². The predicted octanol–water partition coefficient (Wildman–Crippen LogP) is -3.06. The largest absolute Gasteiger partial charge is 0.504 e. The lowest BCUT2D eigenvalue weighted by Crippen LogP contribution is -2.60. The molecule has 2 saturated heterocycles. The summed E-state index contributed by atoms with van der Waals surface area (Å²) < 4.78 is 33.1. The molecule has 2 aromatic carbocycles. The Hall–Kier alpha value is -3.95. The van der Waals surface area contributed by atoms with E-state index in [9.17, 15) is 61.0 Å². The number of aliphatic hydroxyl groups is 8. The van der Waals surface area contributed by atoms with Gasteiger partial charge in [0.1, 0.15) is 59.8 Å². The molecule has 18 nitrogen and oxygen atoms in total. The number of hydrogen-bond acceptors (Lipinski definition) is 18. The molecule has 2 fully saturated rings. The summed E-state index contributed by atoms with van der Waals surface area (Å²) in [6.07, 6.45) is -17.4. The number of benzene rings is 2. The van der Waals surface area contributed by atoms with Crippen molar-refractivity contribution in [1.29, 1.82) is 0 Å². The second-order valence-electron chi connectivity index (χ2n) is 10.6. The second kappa shape index (κ2) is 13.0. The minimum Gasteiger partial charge on any atom is -0.504 e. The smallest absolute Gasteiger partial charge is 0.239 e. The number of aliphatic hydroxyl groups excluding tert-OH is 8. The van der Waals surface area contributed by atoms with Gasteiger partial charge >= 0.3 is 0 Å². The minimum absolute atomic E-state index is 0.0967. The van der Waals surface area contributed by atoms with Crippen LogP contribution in [0.3, 0.4) is 0 Å². The molecule has 11 N–H and O–H groups in total. The van der Waals surface area contributed by atoms with Crippen LogP contribution in [-0.4, -0.2) is 138 Å². The number of phenolic OH excluding ortho intramolecular Hbond substituents is 3. The third-order valence-corrected chi connectivity index (χ3v) is 7.65. The molecule has 0 bridgehead atoms. The van der Waals surface area contributed by atoms with E-state index in [1.807, 2.05) is 0 Å². The van der Waals surface area contributed by atoms with Crippen LogP contribution in [0.5, 0.6) is 34.5 Å². The number of methoxy groups -OCH3 is 1. The molecule has 0 spiro atoms. The van der Waals surface area contributed by atoms with Gasteiger partial charge < -0.3 is 84.3 Å². The third-order valence-electron chi connectivity index (χ3n) is 7.65. The number of hydrogen-bond donors (Lipinski definition) is 11. The number of rotatable bonds is 8. The van der Waals surface area contributed by atoms with E-state index < -0.39 is 131 Å². The lowest BCUT2D eigenvalue weighted by atomic mass is 9.99. The van der Waals surface area contributed by atoms with Crippen LogP contribution in [-0.2, 0) is 9.47 Å². The summed E-state index contributed by atoms with van der Waals surface area (Å²) in [5.41, 5.74) is -1.65. The molecule has 10 unspecified atom stereocenters. The zero-order valence-electron chi connectivity index (χ0n) is 23.8. The van der Waals surface area contributed by atoms with Gasteiger partial charge in [-0.2, -0.15) is 0 Å². The average molecular weight is 657 g/mol. The van der Waals surface area contributed by atoms with Gasteiger partial charge in [-0.25, -0.2) is 0 Å². The molecule has 5 rings (SSSR count). The molecule has 2 aliphatic rings. The number of fused-ring (bicyclic) bond motifs is 1. The highest BCUT2D eigenvalue weighted by atomic mass is 16.7. The summed E-state index contributed by atoms with van der Waals surface area (Å²) in [6.45, 7) is -1.58. The summed E-state index contributed by atoms with van der Waals surface area (Å²) in [5, 5.41) is 111. The minimum atomic E-state index is -1.97. The van der Waals surface area contributed by atoms with Gasteiger partial charge in [-0.1, -0.05) is 0 Å². The summed E-state index contributed by atoms with van der Waals surface area (Å²) in [6, 6.07) is 4.26. The van der Waals surface area contributed by atoms with Crippen molar-refractivity contribution >= 4 is 11.0 Å². The molecule has 3 heterocycles. The third kappa shape index (κ3) is 5.75. The quantitative estimate of drug-likeness (QED) is 0.107. The number of aromatic hydroxyl groups is 3. The molecule has 0 saturated carbocycles. The van der Waals surface area contributed by atoms with Crippen molar-refractivity contribution in [3.05, 3.63) is 34.5 Å². The van der Waals surface area contributed by atoms with Crippen LogP contribution >= 0.6 is 0 Å². The van der Waals surface area contributed by atoms with Crippen LogP contribution in [0.15, 0.2) is 33.5 Å². The first-order valence-electron chi connectivity index (χ1n) is 13.7. The molecule has 10 atom stereocenters. The maximum absolute atomic E-state index is 14.0. The molecule has 2 aliphatic heterocycles. The highest BCUT2D eigenvalue weighted by Crippen LogP contribution is 2.46. The molecule has 252 valence electrons. The Morgan fingerprint density at radius 3 is 1.80 bits per heavy atom. The average Bonchev–Trinajstić information content (AvgIpc) is 3.03. The van der Waals surface area contributed by atoms with Crippen molar-refractivity contribution in [2.24, 2.45) is 0 Å². The monoisotopic (exact) mass is 656 g/mol. The normalized spacial score (nSPS) is 31.5. The van der Waals surface area contributed by atoms with E-state index in [2.05, 4.69) is 0 Å². The maximum atomic E-state index is 14.0. The molecule has 1 aromatic heterocycles. The first-order chi connectivity index (χ1) is 21.8. The summed E-state index contributed by atoms with van der Waals surface area (Å²) in [5.74, 6) is -4.25. The Labute approximate surface area is 257 Å². The van der Waals surface area contributed by atoms with Crippen LogP contribution in [0.4, 0.5) is 0 Å². The van der Waals surface area contributed by atoms with Gasteiger partial charge in [-0.15, -0.1) is 0 Å². The molecule has 0 radical (unpaired) electrons. The highest BCUT2D eigenvalue weighted by molar-refractivity contribution is 5.91. The number of ether oxygens (including phenoxy) is 5. The van der Waals surface area contributed by atoms with Crippen LogP contribution < -0.4 is 19.6 Å². The summed E-state index contributed by atoms with van der Waals surface area (Å²) >= 11 is 0. The highest BCUT2D eigenvalue weighted by Gasteiger charge is 2.47. The molecule has 0 aliphatic carbocycles. The summed E-state index contributed by atoms with van der Waals surface area (Å²) in [4.78, 5) is 14.0. The molecule has 46 heavy (non-hydrogen) atoms. The molecule has 0 amide bonds. The van der Waals surface area contributed by atoms with Gasteiger partial charge in [0.2, 0.25) is 29.5 Å². The van der Waals surface area contributed by atoms with E-state index in [0.29, 0.717) is 0 Å². The molecule has 3 aromatic rings. The summed E-state index contributed by atoms with van der Waals surface area (Å²) in [7, 11) is 1.08. The Balaban J connectivity index is 1.66. The van der Waals surface area contributed by atoms with Crippen molar-refractivity contribution in [2.45, 2.75) is 61.4 Å². The fraction of sp³-hybridized carbons (Fsp3) is 0.464. The van der Waals surface area contributed by atoms with Crippen molar-refractivity contribution in [1.82, 2.24) is 0 Å². The van der Waals surface area contributed by atoms with Crippen LogP contribution in [0.25, 0.3) is 22.3 Å². The van der Waals surface area contributed by atoms with Crippen molar-refractivity contribution in [3.8, 4) is 45.8 Å². The van der Waals surface area contributed by atoms with Crippen molar-refractivity contribution in [3.63, 3.8) is 0 Å². The Bertz CT molecular complexity index is 1620. The van der Waals surface area contributed by atoms with Crippen molar-refractivity contribution < 1.29 is 84.3 Å².